The molecule has 1 heterocycles. The van der Waals surface area contributed by atoms with Gasteiger partial charge in [0.1, 0.15) is 23.6 Å². The van der Waals surface area contributed by atoms with E-state index < -0.39 is 0 Å². The minimum absolute atomic E-state index is 0.117. The molecule has 0 atom stereocenters. The number of nitrogens with one attached hydrogen (secondary N) is 2. The number of hydrogen-bond acceptors (Lipinski definition) is 5. The molecule has 1 amide bonds. The van der Waals surface area contributed by atoms with Crippen molar-refractivity contribution in [1.29, 1.82) is 0 Å². The summed E-state index contributed by atoms with van der Waals surface area (Å²) in [5, 5.41) is 11.1. The van der Waals surface area contributed by atoms with Crippen LogP contribution in [-0.4, -0.2) is 34.3 Å². The van der Waals surface area contributed by atoms with Gasteiger partial charge in [-0.2, -0.15) is 5.10 Å². The van der Waals surface area contributed by atoms with Crippen molar-refractivity contribution in [3.8, 4) is 11.4 Å². The Balaban J connectivity index is 1.57. The van der Waals surface area contributed by atoms with Crippen LogP contribution in [-0.2, 0) is 11.3 Å². The largest absolute Gasteiger partial charge is 0.494 e. The van der Waals surface area contributed by atoms with Crippen molar-refractivity contribution in [3.05, 3.63) is 64.2 Å². The second-order valence-electron chi connectivity index (χ2n) is 6.00. The maximum absolute atomic E-state index is 12.1. The number of aromatic nitrogens is 3. The van der Waals surface area contributed by atoms with Gasteiger partial charge in [0.2, 0.25) is 5.91 Å². The number of carbonyl (C=O) groups is 1. The molecule has 0 saturated carbocycles. The topological polar surface area (TPSA) is 81.1 Å². The Hall–Kier alpha value is -2.77. The molecule has 3 rings (SSSR count). The van der Waals surface area contributed by atoms with Crippen LogP contribution in [0.2, 0.25) is 10.0 Å². The van der Waals surface area contributed by atoms with Gasteiger partial charge in [-0.3, -0.25) is 4.79 Å². The van der Waals surface area contributed by atoms with Crippen molar-refractivity contribution >= 4 is 34.8 Å². The van der Waals surface area contributed by atoms with Crippen LogP contribution >= 0.6 is 23.2 Å². The predicted octanol–water partition coefficient (Wildman–Crippen LogP) is 3.62. The van der Waals surface area contributed by atoms with E-state index in [9.17, 15) is 4.79 Å². The third-order valence-corrected chi connectivity index (χ3v) is 4.70. The predicted molar refractivity (Wildman–Crippen MR) is 109 cm³/mol. The first-order valence-corrected chi connectivity index (χ1v) is 9.23. The summed E-state index contributed by atoms with van der Waals surface area (Å²) in [5.41, 5.74) is 2.39. The van der Waals surface area contributed by atoms with E-state index in [1.165, 1.54) is 0 Å². The van der Waals surface area contributed by atoms with E-state index in [4.69, 9.17) is 27.9 Å². The van der Waals surface area contributed by atoms with Gasteiger partial charge < -0.3 is 15.4 Å². The first kappa shape index (κ1) is 20.0. The minimum Gasteiger partial charge on any atom is -0.494 e. The summed E-state index contributed by atoms with van der Waals surface area (Å²) in [6.45, 7) is 2.30. The lowest BCUT2D eigenvalue weighted by Crippen LogP contribution is -2.29. The van der Waals surface area contributed by atoms with Gasteiger partial charge in [0, 0.05) is 18.3 Å². The Kier molecular flexibility index (Phi) is 6.38. The van der Waals surface area contributed by atoms with Crippen LogP contribution in [0, 0.1) is 6.92 Å². The minimum atomic E-state index is -0.152. The van der Waals surface area contributed by atoms with E-state index in [-0.39, 0.29) is 12.5 Å². The highest BCUT2D eigenvalue weighted by Gasteiger charge is 2.09. The molecule has 2 aromatic carbocycles. The fourth-order valence-corrected chi connectivity index (χ4v) is 2.85. The summed E-state index contributed by atoms with van der Waals surface area (Å²) in [7, 11) is 1.58. The molecular formula is C19H19Cl2N5O2. The summed E-state index contributed by atoms with van der Waals surface area (Å²) in [6.07, 6.45) is 1.62. The number of nitrogens with zero attached hydrogens (tertiary/aromatic N) is 3. The molecule has 0 saturated heterocycles. The Bertz CT molecular complexity index is 990. The molecule has 1 aromatic heterocycles. The molecule has 2 N–H and O–H groups in total. The SMILES string of the molecule is COc1cc(NCC(=O)NCc2ccc(Cl)c(Cl)c2)ccc1-n1cnc(C)n1. The fourth-order valence-electron chi connectivity index (χ4n) is 2.53. The summed E-state index contributed by atoms with van der Waals surface area (Å²) < 4.78 is 7.07. The Morgan fingerprint density at radius 1 is 1.18 bits per heavy atom. The molecule has 0 unspecified atom stereocenters. The standard InChI is InChI=1S/C19H19Cl2N5O2/c1-12-24-11-26(25-12)17-6-4-14(8-18(17)28-2)22-10-19(27)23-9-13-3-5-15(20)16(21)7-13/h3-8,11,22H,9-10H2,1-2H3,(H,23,27). The Morgan fingerprint density at radius 2 is 2.00 bits per heavy atom. The van der Waals surface area contributed by atoms with E-state index in [0.717, 1.165) is 16.9 Å². The van der Waals surface area contributed by atoms with Crippen LogP contribution in [0.25, 0.3) is 5.69 Å². The van der Waals surface area contributed by atoms with Gasteiger partial charge in [0.15, 0.2) is 0 Å². The summed E-state index contributed by atoms with van der Waals surface area (Å²) in [4.78, 5) is 16.2. The van der Waals surface area contributed by atoms with Crippen molar-refractivity contribution in [1.82, 2.24) is 20.1 Å². The molecule has 0 aliphatic heterocycles. The number of benzene rings is 2. The average Bonchev–Trinajstić information content (AvgIpc) is 3.13. The number of rotatable bonds is 7. The molecule has 0 radical (unpaired) electrons. The lowest BCUT2D eigenvalue weighted by molar-refractivity contribution is -0.119. The van der Waals surface area contributed by atoms with Crippen molar-refractivity contribution in [2.24, 2.45) is 0 Å². The zero-order valence-corrected chi connectivity index (χ0v) is 16.9. The quantitative estimate of drug-likeness (QED) is 0.610. The van der Waals surface area contributed by atoms with Crippen LogP contribution < -0.4 is 15.4 Å². The molecule has 3 aromatic rings. The second kappa shape index (κ2) is 8.95. The van der Waals surface area contributed by atoms with Gasteiger partial charge in [-0.25, -0.2) is 9.67 Å². The van der Waals surface area contributed by atoms with E-state index in [2.05, 4.69) is 20.7 Å². The van der Waals surface area contributed by atoms with Crippen LogP contribution in [0.5, 0.6) is 5.75 Å². The van der Waals surface area contributed by atoms with Gasteiger partial charge in [0.05, 0.1) is 23.7 Å². The smallest absolute Gasteiger partial charge is 0.239 e. The molecule has 9 heteroatoms. The van der Waals surface area contributed by atoms with Crippen LogP contribution in [0.4, 0.5) is 5.69 Å². The molecule has 0 aliphatic rings. The van der Waals surface area contributed by atoms with Crippen LogP contribution in [0.15, 0.2) is 42.7 Å². The highest BCUT2D eigenvalue weighted by Crippen LogP contribution is 2.26. The highest BCUT2D eigenvalue weighted by molar-refractivity contribution is 6.42. The van der Waals surface area contributed by atoms with Crippen molar-refractivity contribution in [2.45, 2.75) is 13.5 Å². The van der Waals surface area contributed by atoms with Gasteiger partial charge in [-0.05, 0) is 36.8 Å². The van der Waals surface area contributed by atoms with E-state index in [1.54, 1.807) is 36.3 Å². The van der Waals surface area contributed by atoms with Gasteiger partial charge >= 0.3 is 0 Å². The summed E-state index contributed by atoms with van der Waals surface area (Å²) in [6, 6.07) is 10.8. The van der Waals surface area contributed by atoms with Crippen molar-refractivity contribution in [3.63, 3.8) is 0 Å². The molecule has 0 bridgehead atoms. The number of amides is 1. The maximum Gasteiger partial charge on any atom is 0.239 e. The lowest BCUT2D eigenvalue weighted by Gasteiger charge is -2.12. The number of halogens is 2. The molecule has 0 aliphatic carbocycles. The number of anilines is 1. The summed E-state index contributed by atoms with van der Waals surface area (Å²) >= 11 is 11.9. The first-order chi connectivity index (χ1) is 13.5. The zero-order chi connectivity index (χ0) is 20.1. The number of ether oxygens (including phenoxy) is 1. The number of methoxy groups -OCH3 is 1. The molecule has 0 spiro atoms. The third kappa shape index (κ3) is 4.94. The van der Waals surface area contributed by atoms with Crippen LogP contribution in [0.1, 0.15) is 11.4 Å². The maximum atomic E-state index is 12.1. The zero-order valence-electron chi connectivity index (χ0n) is 15.4. The van der Waals surface area contributed by atoms with Gasteiger partial charge in [0.25, 0.3) is 0 Å². The van der Waals surface area contributed by atoms with Crippen LogP contribution in [0.3, 0.4) is 0 Å². The van der Waals surface area contributed by atoms with Gasteiger partial charge in [-0.15, -0.1) is 0 Å². The number of aryl methyl sites for hydroxylation is 1. The monoisotopic (exact) mass is 419 g/mol. The second-order valence-corrected chi connectivity index (χ2v) is 6.82. The molecule has 146 valence electrons. The third-order valence-electron chi connectivity index (χ3n) is 3.96. The number of hydrogen-bond donors (Lipinski definition) is 2. The summed E-state index contributed by atoms with van der Waals surface area (Å²) in [5.74, 6) is 1.13. The van der Waals surface area contributed by atoms with E-state index >= 15 is 0 Å². The molecule has 0 fully saturated rings. The number of carbonyl (C=O) groups excluding carboxylic acids is 1. The van der Waals surface area contributed by atoms with Gasteiger partial charge in [-0.1, -0.05) is 29.3 Å². The van der Waals surface area contributed by atoms with Crippen molar-refractivity contribution in [2.75, 3.05) is 19.0 Å². The first-order valence-electron chi connectivity index (χ1n) is 8.47. The normalized spacial score (nSPS) is 10.6. The van der Waals surface area contributed by atoms with E-state index in [1.807, 2.05) is 25.1 Å². The van der Waals surface area contributed by atoms with E-state index in [0.29, 0.717) is 28.2 Å². The molecular weight excluding hydrogens is 401 g/mol. The molecule has 7 nitrogen and oxygen atoms in total. The Morgan fingerprint density at radius 3 is 2.68 bits per heavy atom. The highest BCUT2D eigenvalue weighted by atomic mass is 35.5. The lowest BCUT2D eigenvalue weighted by atomic mass is 10.2. The van der Waals surface area contributed by atoms with Crippen molar-refractivity contribution < 1.29 is 9.53 Å². The molecule has 28 heavy (non-hydrogen) atoms. The Labute approximate surface area is 172 Å². The average molecular weight is 420 g/mol. The fraction of sp³-hybridized carbons (Fsp3) is 0.211.